The Hall–Kier alpha value is -1.34. The van der Waals surface area contributed by atoms with Crippen molar-refractivity contribution in [3.63, 3.8) is 0 Å². The van der Waals surface area contributed by atoms with E-state index < -0.39 is 10.0 Å². The Morgan fingerprint density at radius 3 is 2.41 bits per heavy atom. The monoisotopic (exact) mass is 375 g/mol. The molecule has 0 saturated carbocycles. The van der Waals surface area contributed by atoms with Gasteiger partial charge in [0.15, 0.2) is 0 Å². The van der Waals surface area contributed by atoms with Gasteiger partial charge >= 0.3 is 0 Å². The molecular formula is C13H8Cl3N3O2S. The first-order valence-corrected chi connectivity index (χ1v) is 8.60. The van der Waals surface area contributed by atoms with Crippen molar-refractivity contribution < 1.29 is 8.42 Å². The third kappa shape index (κ3) is 2.46. The molecule has 0 bridgehead atoms. The van der Waals surface area contributed by atoms with Crippen molar-refractivity contribution >= 4 is 55.9 Å². The first-order valence-electron chi connectivity index (χ1n) is 6.03. The fourth-order valence-corrected chi connectivity index (χ4v) is 4.19. The average Bonchev–Trinajstić information content (AvgIpc) is 2.86. The lowest BCUT2D eigenvalue weighted by Crippen LogP contribution is -2.15. The van der Waals surface area contributed by atoms with E-state index >= 15 is 0 Å². The molecule has 0 saturated heterocycles. The Labute approximate surface area is 141 Å². The number of rotatable bonds is 2. The van der Waals surface area contributed by atoms with Crippen LogP contribution in [-0.4, -0.2) is 22.8 Å². The summed E-state index contributed by atoms with van der Waals surface area (Å²) in [5, 5.41) is 7.82. The second-order valence-corrected chi connectivity index (χ2v) is 7.58. The standard InChI is InChI=1S/C13H8Cl3N3O2S/c1-7-2-3-12-11(4-7)17-18-19(12)22(20,21)13-6-9(15)8(14)5-10(13)16/h2-6H,1H3. The van der Waals surface area contributed by atoms with Crippen LogP contribution in [0.15, 0.2) is 35.2 Å². The van der Waals surface area contributed by atoms with Crippen LogP contribution in [0.2, 0.25) is 15.1 Å². The summed E-state index contributed by atoms with van der Waals surface area (Å²) in [5.74, 6) is 0. The smallest absolute Gasteiger partial charge is 0.199 e. The van der Waals surface area contributed by atoms with Gasteiger partial charge in [0.1, 0.15) is 15.9 Å². The van der Waals surface area contributed by atoms with Gasteiger partial charge in [-0.25, -0.2) is 0 Å². The minimum atomic E-state index is -4.04. The molecule has 0 aliphatic carbocycles. The molecule has 0 aliphatic rings. The maximum Gasteiger partial charge on any atom is 0.286 e. The van der Waals surface area contributed by atoms with E-state index in [1.54, 1.807) is 18.2 Å². The molecule has 2 aromatic carbocycles. The molecule has 0 fully saturated rings. The molecule has 0 radical (unpaired) electrons. The lowest BCUT2D eigenvalue weighted by Gasteiger charge is -2.08. The molecule has 0 amide bonds. The molecule has 0 aliphatic heterocycles. The van der Waals surface area contributed by atoms with Gasteiger partial charge in [-0.05, 0) is 36.8 Å². The van der Waals surface area contributed by atoms with E-state index in [2.05, 4.69) is 10.3 Å². The number of nitrogens with zero attached hydrogens (tertiary/aromatic N) is 3. The molecule has 5 nitrogen and oxygen atoms in total. The highest BCUT2D eigenvalue weighted by molar-refractivity contribution is 7.90. The van der Waals surface area contributed by atoms with E-state index in [1.807, 2.05) is 6.92 Å². The molecule has 0 spiro atoms. The minimum Gasteiger partial charge on any atom is -0.199 e. The van der Waals surface area contributed by atoms with E-state index in [9.17, 15) is 8.42 Å². The van der Waals surface area contributed by atoms with Crippen LogP contribution in [0.5, 0.6) is 0 Å². The van der Waals surface area contributed by atoms with Crippen LogP contribution in [0.25, 0.3) is 11.0 Å². The van der Waals surface area contributed by atoms with Crippen LogP contribution >= 0.6 is 34.8 Å². The third-order valence-electron chi connectivity index (χ3n) is 3.05. The molecule has 0 N–H and O–H groups in total. The first-order chi connectivity index (χ1) is 10.3. The third-order valence-corrected chi connectivity index (χ3v) is 5.82. The zero-order chi connectivity index (χ0) is 16.1. The summed E-state index contributed by atoms with van der Waals surface area (Å²) in [7, 11) is -4.04. The van der Waals surface area contributed by atoms with Gasteiger partial charge in [-0.1, -0.05) is 46.1 Å². The van der Waals surface area contributed by atoms with Crippen molar-refractivity contribution in [1.29, 1.82) is 0 Å². The Kier molecular flexibility index (Phi) is 3.81. The molecule has 114 valence electrons. The van der Waals surface area contributed by atoms with Crippen LogP contribution in [0.3, 0.4) is 0 Å². The predicted molar refractivity (Wildman–Crippen MR) is 86.3 cm³/mol. The summed E-state index contributed by atoms with van der Waals surface area (Å²) in [6, 6.07) is 7.62. The Bertz CT molecular complexity index is 999. The lowest BCUT2D eigenvalue weighted by molar-refractivity contribution is 0.579. The predicted octanol–water partition coefficient (Wildman–Crippen LogP) is 3.94. The van der Waals surface area contributed by atoms with E-state index in [4.69, 9.17) is 34.8 Å². The van der Waals surface area contributed by atoms with Gasteiger partial charge in [-0.2, -0.15) is 8.42 Å². The summed E-state index contributed by atoms with van der Waals surface area (Å²) in [6.07, 6.45) is 0. The van der Waals surface area contributed by atoms with Gasteiger partial charge in [0, 0.05) is 0 Å². The Balaban J connectivity index is 2.27. The zero-order valence-corrected chi connectivity index (χ0v) is 14.2. The Morgan fingerprint density at radius 2 is 1.68 bits per heavy atom. The van der Waals surface area contributed by atoms with Crippen molar-refractivity contribution in [3.05, 3.63) is 51.0 Å². The van der Waals surface area contributed by atoms with Gasteiger partial charge in [-0.15, -0.1) is 9.19 Å². The molecule has 3 aromatic rings. The van der Waals surface area contributed by atoms with Crippen LogP contribution < -0.4 is 0 Å². The molecule has 1 heterocycles. The van der Waals surface area contributed by atoms with E-state index in [0.29, 0.717) is 11.0 Å². The summed E-state index contributed by atoms with van der Waals surface area (Å²) in [5.41, 5.74) is 1.78. The van der Waals surface area contributed by atoms with Gasteiger partial charge in [-0.3, -0.25) is 0 Å². The van der Waals surface area contributed by atoms with Crippen molar-refractivity contribution in [2.24, 2.45) is 0 Å². The largest absolute Gasteiger partial charge is 0.286 e. The summed E-state index contributed by atoms with van der Waals surface area (Å²) in [4.78, 5) is -0.184. The van der Waals surface area contributed by atoms with E-state index in [-0.39, 0.29) is 20.0 Å². The first kappa shape index (κ1) is 15.6. The number of fused-ring (bicyclic) bond motifs is 1. The van der Waals surface area contributed by atoms with Gasteiger partial charge in [0.25, 0.3) is 10.0 Å². The lowest BCUT2D eigenvalue weighted by atomic mass is 10.2. The summed E-state index contributed by atoms with van der Waals surface area (Å²) < 4.78 is 26.3. The SMILES string of the molecule is Cc1ccc2c(c1)nnn2S(=O)(=O)c1cc(Cl)c(Cl)cc1Cl. The minimum absolute atomic E-state index is 0.0369. The fraction of sp³-hybridized carbons (Fsp3) is 0.0769. The molecule has 0 atom stereocenters. The molecule has 1 aromatic heterocycles. The van der Waals surface area contributed by atoms with Crippen molar-refractivity contribution in [1.82, 2.24) is 14.4 Å². The van der Waals surface area contributed by atoms with Crippen LogP contribution in [0.4, 0.5) is 0 Å². The number of halogens is 3. The van der Waals surface area contributed by atoms with Gasteiger partial charge in [0.05, 0.1) is 15.1 Å². The number of hydrogen-bond donors (Lipinski definition) is 0. The van der Waals surface area contributed by atoms with Crippen molar-refractivity contribution in [2.45, 2.75) is 11.8 Å². The second kappa shape index (κ2) is 5.38. The number of aromatic nitrogens is 3. The molecule has 22 heavy (non-hydrogen) atoms. The normalized spacial score (nSPS) is 12.0. The molecule has 0 unspecified atom stereocenters. The highest BCUT2D eigenvalue weighted by Gasteiger charge is 2.25. The fourth-order valence-electron chi connectivity index (χ4n) is 1.98. The van der Waals surface area contributed by atoms with E-state index in [1.165, 1.54) is 12.1 Å². The quantitative estimate of drug-likeness (QED) is 0.636. The van der Waals surface area contributed by atoms with Crippen LogP contribution in [0.1, 0.15) is 5.56 Å². The van der Waals surface area contributed by atoms with E-state index in [0.717, 1.165) is 9.65 Å². The number of aryl methyl sites for hydroxylation is 1. The maximum absolute atomic E-state index is 12.8. The van der Waals surface area contributed by atoms with Crippen LogP contribution in [0, 0.1) is 6.92 Å². The molecular weight excluding hydrogens is 369 g/mol. The van der Waals surface area contributed by atoms with Crippen LogP contribution in [-0.2, 0) is 10.0 Å². The zero-order valence-electron chi connectivity index (χ0n) is 11.1. The topological polar surface area (TPSA) is 64.8 Å². The number of hydrogen-bond acceptors (Lipinski definition) is 4. The maximum atomic E-state index is 12.8. The van der Waals surface area contributed by atoms with Crippen molar-refractivity contribution in [2.75, 3.05) is 0 Å². The molecule has 3 rings (SSSR count). The van der Waals surface area contributed by atoms with Crippen molar-refractivity contribution in [3.8, 4) is 0 Å². The van der Waals surface area contributed by atoms with Gasteiger partial charge < -0.3 is 0 Å². The molecule has 9 heteroatoms. The summed E-state index contributed by atoms with van der Waals surface area (Å²) >= 11 is 17.7. The second-order valence-electron chi connectivity index (χ2n) is 4.63. The average molecular weight is 377 g/mol. The van der Waals surface area contributed by atoms with Gasteiger partial charge in [0.2, 0.25) is 0 Å². The highest BCUT2D eigenvalue weighted by Crippen LogP contribution is 2.33. The Morgan fingerprint density at radius 1 is 1.00 bits per heavy atom. The number of benzene rings is 2. The highest BCUT2D eigenvalue weighted by atomic mass is 35.5. The summed E-state index contributed by atoms with van der Waals surface area (Å²) in [6.45, 7) is 1.88.